The molecule has 0 bridgehead atoms. The summed E-state index contributed by atoms with van der Waals surface area (Å²) in [6.07, 6.45) is -11.9. The average molecular weight is 600 g/mol. The molecule has 2 atom stereocenters. The zero-order valence-electron chi connectivity index (χ0n) is 20.0. The molecule has 15 heteroatoms. The fourth-order valence-electron chi connectivity index (χ4n) is 4.37. The number of likely N-dealkylation sites (tertiary alicyclic amines) is 1. The first-order chi connectivity index (χ1) is 18.0. The van der Waals surface area contributed by atoms with Gasteiger partial charge in [-0.05, 0) is 48.4 Å². The van der Waals surface area contributed by atoms with Crippen LogP contribution in [0.1, 0.15) is 33.5 Å². The molecule has 2 heterocycles. The first-order valence-electron chi connectivity index (χ1n) is 11.3. The number of aliphatic hydroxyl groups is 2. The van der Waals surface area contributed by atoms with Crippen LogP contribution in [0.4, 0.5) is 26.3 Å². The van der Waals surface area contributed by atoms with E-state index in [9.17, 15) is 41.4 Å². The van der Waals surface area contributed by atoms with Crippen LogP contribution in [0.2, 0.25) is 10.0 Å². The summed E-state index contributed by atoms with van der Waals surface area (Å²) in [6, 6.07) is 7.61. The van der Waals surface area contributed by atoms with E-state index in [1.807, 2.05) is 0 Å². The summed E-state index contributed by atoms with van der Waals surface area (Å²) < 4.78 is 80.9. The van der Waals surface area contributed by atoms with Crippen LogP contribution in [0, 0.1) is 6.92 Å². The second-order valence-corrected chi connectivity index (χ2v) is 10.3. The summed E-state index contributed by atoms with van der Waals surface area (Å²) in [4.78, 5) is 18.5. The number of nitrogens with one attached hydrogen (secondary N) is 1. The molecule has 0 saturated carbocycles. The zero-order valence-corrected chi connectivity index (χ0v) is 21.5. The Kier molecular flexibility index (Phi) is 7.62. The number of alkyl halides is 6. The summed E-state index contributed by atoms with van der Waals surface area (Å²) in [5.74, 6) is -0.674. The molecule has 2 aromatic rings. The van der Waals surface area contributed by atoms with Gasteiger partial charge in [0.15, 0.2) is 5.60 Å². The quantitative estimate of drug-likeness (QED) is 0.424. The number of amides is 1. The van der Waals surface area contributed by atoms with Gasteiger partial charge in [0.05, 0.1) is 12.3 Å². The van der Waals surface area contributed by atoms with Gasteiger partial charge in [-0.25, -0.2) is 0 Å². The lowest BCUT2D eigenvalue weighted by Gasteiger charge is -2.48. The lowest BCUT2D eigenvalue weighted by atomic mass is 9.86. The lowest BCUT2D eigenvalue weighted by molar-refractivity contribution is -0.314. The molecule has 0 radical (unpaired) electrons. The van der Waals surface area contributed by atoms with Gasteiger partial charge in [-0.15, -0.1) is 0 Å². The van der Waals surface area contributed by atoms with Crippen LogP contribution < -0.4 is 5.32 Å². The number of carbonyl (C=O) groups excluding carboxylic acids is 1. The normalized spacial score (nSPS) is 22.1. The smallest absolute Gasteiger partial charge is 0.378 e. The second kappa shape index (κ2) is 10.1. The predicted octanol–water partition coefficient (Wildman–Crippen LogP) is 4.54. The summed E-state index contributed by atoms with van der Waals surface area (Å²) >= 11 is 11.8. The van der Waals surface area contributed by atoms with Gasteiger partial charge in [0.2, 0.25) is 0 Å². The van der Waals surface area contributed by atoms with Crippen LogP contribution in [-0.4, -0.2) is 70.5 Å². The maximum atomic E-state index is 14.2. The van der Waals surface area contributed by atoms with Crippen molar-refractivity contribution >= 4 is 34.8 Å². The van der Waals surface area contributed by atoms with E-state index in [1.54, 1.807) is 0 Å². The standard InChI is InChI=1S/C24H21Cl2F6N3O4/c1-12-4-13(18-8-22(39-34-18,24(30,31)32)14-5-15(25)7-16(26)6-14)2-3-17(12)20(37)33-9-19(36)35-10-21(38,11-35)23(27,28)29/h2-7,19,36,38H,8-11H2,1H3,(H,33,37). The number of aryl methyl sites for hydroxylation is 1. The zero-order chi connectivity index (χ0) is 29.0. The van der Waals surface area contributed by atoms with Gasteiger partial charge in [-0.2, -0.15) is 26.3 Å². The largest absolute Gasteiger partial charge is 0.435 e. The Balaban J connectivity index is 1.43. The Morgan fingerprint density at radius 3 is 2.26 bits per heavy atom. The molecule has 1 fully saturated rings. The molecule has 4 rings (SSSR count). The van der Waals surface area contributed by atoms with Gasteiger partial charge in [-0.1, -0.05) is 34.4 Å². The number of aliphatic hydroxyl groups excluding tert-OH is 1. The Hall–Kier alpha value is -2.58. The van der Waals surface area contributed by atoms with E-state index < -0.39 is 61.7 Å². The van der Waals surface area contributed by atoms with E-state index in [0.29, 0.717) is 5.56 Å². The number of carbonyl (C=O) groups is 1. The molecule has 2 aromatic carbocycles. The van der Waals surface area contributed by atoms with Gasteiger partial charge in [-0.3, -0.25) is 9.69 Å². The Morgan fingerprint density at radius 2 is 1.72 bits per heavy atom. The van der Waals surface area contributed by atoms with Crippen LogP contribution in [-0.2, 0) is 10.4 Å². The summed E-state index contributed by atoms with van der Waals surface area (Å²) in [5.41, 5.74) is -5.38. The number of rotatable bonds is 6. The van der Waals surface area contributed by atoms with Crippen LogP contribution in [0.3, 0.4) is 0 Å². The molecule has 1 saturated heterocycles. The van der Waals surface area contributed by atoms with Crippen molar-refractivity contribution in [1.82, 2.24) is 10.2 Å². The third-order valence-corrected chi connectivity index (χ3v) is 7.08. The Morgan fingerprint density at radius 1 is 1.10 bits per heavy atom. The van der Waals surface area contributed by atoms with E-state index in [-0.39, 0.29) is 32.4 Å². The fraction of sp³-hybridized carbons (Fsp3) is 0.417. The third-order valence-electron chi connectivity index (χ3n) is 6.64. The summed E-state index contributed by atoms with van der Waals surface area (Å²) in [7, 11) is 0. The van der Waals surface area contributed by atoms with Crippen LogP contribution in [0.25, 0.3) is 0 Å². The molecule has 0 spiro atoms. The molecule has 2 aliphatic heterocycles. The highest BCUT2D eigenvalue weighted by Gasteiger charge is 2.63. The predicted molar refractivity (Wildman–Crippen MR) is 129 cm³/mol. The molecule has 39 heavy (non-hydrogen) atoms. The average Bonchev–Trinajstić information content (AvgIpc) is 3.26. The minimum absolute atomic E-state index is 0.0142. The lowest BCUT2D eigenvalue weighted by Crippen LogP contribution is -2.72. The second-order valence-electron chi connectivity index (χ2n) is 9.44. The fourth-order valence-corrected chi connectivity index (χ4v) is 4.89. The monoisotopic (exact) mass is 599 g/mol. The molecule has 0 aromatic heterocycles. The van der Waals surface area contributed by atoms with Crippen molar-refractivity contribution in [3.63, 3.8) is 0 Å². The molecule has 2 aliphatic rings. The maximum Gasteiger partial charge on any atom is 0.435 e. The van der Waals surface area contributed by atoms with Crippen molar-refractivity contribution in [2.75, 3.05) is 19.6 Å². The first-order valence-corrected chi connectivity index (χ1v) is 12.1. The van der Waals surface area contributed by atoms with Gasteiger partial charge in [0, 0.05) is 40.7 Å². The van der Waals surface area contributed by atoms with Gasteiger partial charge < -0.3 is 20.4 Å². The van der Waals surface area contributed by atoms with Crippen molar-refractivity contribution in [2.45, 2.75) is 43.1 Å². The number of oxime groups is 1. The van der Waals surface area contributed by atoms with Gasteiger partial charge in [0.1, 0.15) is 6.23 Å². The highest BCUT2D eigenvalue weighted by molar-refractivity contribution is 6.34. The van der Waals surface area contributed by atoms with E-state index >= 15 is 0 Å². The minimum Gasteiger partial charge on any atom is -0.378 e. The third kappa shape index (κ3) is 5.55. The van der Waals surface area contributed by atoms with Crippen LogP contribution >= 0.6 is 23.2 Å². The number of β-amino-alcohol motifs (C(OH)–C–C–N with tert-alkyl or cyclic N) is 1. The van der Waals surface area contributed by atoms with Crippen molar-refractivity contribution < 1.29 is 46.2 Å². The Labute approximate surface area is 227 Å². The van der Waals surface area contributed by atoms with Crippen molar-refractivity contribution in [3.05, 3.63) is 68.7 Å². The van der Waals surface area contributed by atoms with E-state index in [2.05, 4.69) is 10.5 Å². The van der Waals surface area contributed by atoms with E-state index in [0.717, 1.165) is 17.0 Å². The number of nitrogens with zero attached hydrogens (tertiary/aromatic N) is 2. The number of hydrogen-bond donors (Lipinski definition) is 3. The first kappa shape index (κ1) is 29.4. The van der Waals surface area contributed by atoms with Gasteiger partial charge >= 0.3 is 12.4 Å². The Bertz CT molecular complexity index is 1290. The molecule has 7 nitrogen and oxygen atoms in total. The molecular weight excluding hydrogens is 579 g/mol. The molecule has 212 valence electrons. The number of benzene rings is 2. The molecule has 2 unspecified atom stereocenters. The summed E-state index contributed by atoms with van der Waals surface area (Å²) in [6.45, 7) is -0.582. The molecule has 3 N–H and O–H groups in total. The van der Waals surface area contributed by atoms with Crippen molar-refractivity contribution in [3.8, 4) is 0 Å². The maximum absolute atomic E-state index is 14.2. The van der Waals surface area contributed by atoms with Crippen molar-refractivity contribution in [2.24, 2.45) is 5.16 Å². The van der Waals surface area contributed by atoms with Crippen LogP contribution in [0.15, 0.2) is 41.6 Å². The van der Waals surface area contributed by atoms with Gasteiger partial charge in [0.25, 0.3) is 11.5 Å². The molecular formula is C24H21Cl2F6N3O4. The summed E-state index contributed by atoms with van der Waals surface area (Å²) in [5, 5.41) is 25.6. The topological polar surface area (TPSA) is 94.4 Å². The molecule has 0 aliphatic carbocycles. The highest BCUT2D eigenvalue weighted by Crippen LogP contribution is 2.49. The highest BCUT2D eigenvalue weighted by atomic mass is 35.5. The number of halogens is 8. The van der Waals surface area contributed by atoms with Crippen molar-refractivity contribution in [1.29, 1.82) is 0 Å². The minimum atomic E-state index is -4.88. The SMILES string of the molecule is Cc1cc(C2=NOC(c3cc(Cl)cc(Cl)c3)(C(F)(F)F)C2)ccc1C(=O)NCC(O)N1CC(O)(C(F)(F)F)C1. The van der Waals surface area contributed by atoms with E-state index in [1.165, 1.54) is 31.2 Å². The van der Waals surface area contributed by atoms with E-state index in [4.69, 9.17) is 28.0 Å². The number of hydrogen-bond acceptors (Lipinski definition) is 6. The van der Waals surface area contributed by atoms with Crippen LogP contribution in [0.5, 0.6) is 0 Å². The molecule has 1 amide bonds.